The van der Waals surface area contributed by atoms with Gasteiger partial charge in [0, 0.05) is 38.6 Å². The van der Waals surface area contributed by atoms with Gasteiger partial charge in [-0.05, 0) is 41.0 Å². The second kappa shape index (κ2) is 6.88. The first-order chi connectivity index (χ1) is 11.1. The molecule has 2 aromatic carbocycles. The molecular weight excluding hydrogens is 284 g/mol. The van der Waals surface area contributed by atoms with E-state index in [1.54, 1.807) is 0 Å². The number of anilines is 2. The Hall–Kier alpha value is -2.26. The Bertz CT molecular complexity index is 653. The fraction of sp³-hybridized carbons (Fsp3) is 0.300. The van der Waals surface area contributed by atoms with Gasteiger partial charge >= 0.3 is 0 Å². The predicted molar refractivity (Wildman–Crippen MR) is 98.4 cm³/mol. The Labute approximate surface area is 138 Å². The summed E-state index contributed by atoms with van der Waals surface area (Å²) in [7, 11) is 4.10. The van der Waals surface area contributed by atoms with Crippen LogP contribution in [0.4, 0.5) is 11.4 Å². The molecule has 0 spiro atoms. The summed E-state index contributed by atoms with van der Waals surface area (Å²) in [6, 6.07) is 17.2. The van der Waals surface area contributed by atoms with Crippen LogP contribution < -0.4 is 9.80 Å². The standard InChI is InChI=1S/C20H24N2O/c1-16(17-4-8-19(9-5-17)21(2)3)18-6-10-20(11-7-18)22-12-14-23-15-13-22/h4-11H,1,12-15H2,2-3H3. The van der Waals surface area contributed by atoms with E-state index in [4.69, 9.17) is 4.74 Å². The van der Waals surface area contributed by atoms with Crippen molar-refractivity contribution in [1.82, 2.24) is 0 Å². The van der Waals surface area contributed by atoms with Gasteiger partial charge in [-0.2, -0.15) is 0 Å². The molecule has 2 aromatic rings. The van der Waals surface area contributed by atoms with Gasteiger partial charge in [0.1, 0.15) is 0 Å². The average molecular weight is 308 g/mol. The zero-order valence-electron chi connectivity index (χ0n) is 14.0. The summed E-state index contributed by atoms with van der Waals surface area (Å²) in [6.07, 6.45) is 0. The van der Waals surface area contributed by atoms with Gasteiger partial charge < -0.3 is 14.5 Å². The quantitative estimate of drug-likeness (QED) is 0.857. The van der Waals surface area contributed by atoms with Gasteiger partial charge in [-0.25, -0.2) is 0 Å². The monoisotopic (exact) mass is 308 g/mol. The van der Waals surface area contributed by atoms with E-state index in [-0.39, 0.29) is 0 Å². The third-order valence-electron chi connectivity index (χ3n) is 4.32. The maximum atomic E-state index is 5.41. The van der Waals surface area contributed by atoms with E-state index < -0.39 is 0 Å². The summed E-state index contributed by atoms with van der Waals surface area (Å²) in [5.74, 6) is 0. The highest BCUT2D eigenvalue weighted by Gasteiger charge is 2.11. The molecule has 1 saturated heterocycles. The Kier molecular flexibility index (Phi) is 4.68. The maximum Gasteiger partial charge on any atom is 0.0642 e. The number of hydrogen-bond acceptors (Lipinski definition) is 3. The van der Waals surface area contributed by atoms with Crippen LogP contribution in [0.2, 0.25) is 0 Å². The summed E-state index contributed by atoms with van der Waals surface area (Å²) in [5.41, 5.74) is 5.84. The van der Waals surface area contributed by atoms with E-state index >= 15 is 0 Å². The van der Waals surface area contributed by atoms with E-state index in [1.165, 1.54) is 16.9 Å². The van der Waals surface area contributed by atoms with Gasteiger partial charge in [0.05, 0.1) is 13.2 Å². The lowest BCUT2D eigenvalue weighted by atomic mass is 9.99. The van der Waals surface area contributed by atoms with Gasteiger partial charge in [0.15, 0.2) is 0 Å². The van der Waals surface area contributed by atoms with Gasteiger partial charge in [-0.3, -0.25) is 0 Å². The van der Waals surface area contributed by atoms with Crippen LogP contribution in [0.3, 0.4) is 0 Å². The van der Waals surface area contributed by atoms with Crippen LogP contribution in [0.15, 0.2) is 55.1 Å². The van der Waals surface area contributed by atoms with Crippen molar-refractivity contribution in [2.24, 2.45) is 0 Å². The van der Waals surface area contributed by atoms with E-state index in [0.29, 0.717) is 0 Å². The number of hydrogen-bond donors (Lipinski definition) is 0. The van der Waals surface area contributed by atoms with Crippen LogP contribution in [0.5, 0.6) is 0 Å². The molecule has 0 bridgehead atoms. The molecule has 0 unspecified atom stereocenters. The number of benzene rings is 2. The molecule has 0 aromatic heterocycles. The molecule has 3 rings (SSSR count). The molecule has 3 nitrogen and oxygen atoms in total. The van der Waals surface area contributed by atoms with Crippen molar-refractivity contribution in [3.63, 3.8) is 0 Å². The minimum Gasteiger partial charge on any atom is -0.378 e. The molecule has 1 aliphatic heterocycles. The average Bonchev–Trinajstić information content (AvgIpc) is 2.62. The van der Waals surface area contributed by atoms with Crippen molar-refractivity contribution < 1.29 is 4.74 Å². The fourth-order valence-corrected chi connectivity index (χ4v) is 2.82. The largest absolute Gasteiger partial charge is 0.378 e. The summed E-state index contributed by atoms with van der Waals surface area (Å²) < 4.78 is 5.41. The normalized spacial score (nSPS) is 14.6. The number of ether oxygens (including phenoxy) is 1. The lowest BCUT2D eigenvalue weighted by molar-refractivity contribution is 0.122. The van der Waals surface area contributed by atoms with Crippen LogP contribution >= 0.6 is 0 Å². The van der Waals surface area contributed by atoms with Gasteiger partial charge in [0.25, 0.3) is 0 Å². The molecule has 0 amide bonds. The lowest BCUT2D eigenvalue weighted by Gasteiger charge is -2.29. The molecule has 1 fully saturated rings. The van der Waals surface area contributed by atoms with E-state index in [2.05, 4.69) is 64.9 Å². The minimum absolute atomic E-state index is 0.812. The Morgan fingerprint density at radius 2 is 1.43 bits per heavy atom. The van der Waals surface area contributed by atoms with Crippen LogP contribution in [-0.4, -0.2) is 40.4 Å². The molecule has 0 radical (unpaired) electrons. The first kappa shape index (κ1) is 15.6. The third kappa shape index (κ3) is 3.57. The molecule has 1 heterocycles. The summed E-state index contributed by atoms with van der Waals surface area (Å²) in [5, 5.41) is 0. The second-order valence-electron chi connectivity index (χ2n) is 6.07. The molecule has 0 N–H and O–H groups in total. The number of morpholine rings is 1. The van der Waals surface area contributed by atoms with Crippen molar-refractivity contribution >= 4 is 16.9 Å². The molecule has 1 aliphatic rings. The van der Waals surface area contributed by atoms with Crippen LogP contribution in [0.25, 0.3) is 5.57 Å². The first-order valence-corrected chi connectivity index (χ1v) is 8.05. The van der Waals surface area contributed by atoms with E-state index in [0.717, 1.165) is 37.4 Å². The SMILES string of the molecule is C=C(c1ccc(N(C)C)cc1)c1ccc(N2CCOCC2)cc1. The van der Waals surface area contributed by atoms with Gasteiger partial charge in [0.2, 0.25) is 0 Å². The van der Waals surface area contributed by atoms with Crippen molar-refractivity contribution in [1.29, 1.82) is 0 Å². The highest BCUT2D eigenvalue weighted by Crippen LogP contribution is 2.26. The second-order valence-corrected chi connectivity index (χ2v) is 6.07. The Morgan fingerprint density at radius 3 is 1.96 bits per heavy atom. The molecule has 23 heavy (non-hydrogen) atoms. The van der Waals surface area contributed by atoms with Crippen molar-refractivity contribution in [3.05, 3.63) is 66.2 Å². The van der Waals surface area contributed by atoms with Gasteiger partial charge in [-0.15, -0.1) is 0 Å². The number of nitrogens with zero attached hydrogens (tertiary/aromatic N) is 2. The van der Waals surface area contributed by atoms with Crippen molar-refractivity contribution in [2.75, 3.05) is 50.2 Å². The smallest absolute Gasteiger partial charge is 0.0642 e. The highest BCUT2D eigenvalue weighted by molar-refractivity contribution is 5.79. The molecule has 0 saturated carbocycles. The molecule has 0 aliphatic carbocycles. The van der Waals surface area contributed by atoms with Gasteiger partial charge in [-0.1, -0.05) is 30.8 Å². The fourth-order valence-electron chi connectivity index (χ4n) is 2.82. The molecule has 0 atom stereocenters. The highest BCUT2D eigenvalue weighted by atomic mass is 16.5. The molecule has 3 heteroatoms. The Balaban J connectivity index is 1.74. The predicted octanol–water partition coefficient (Wildman–Crippen LogP) is 3.65. The summed E-state index contributed by atoms with van der Waals surface area (Å²) in [4.78, 5) is 4.46. The van der Waals surface area contributed by atoms with Crippen LogP contribution in [-0.2, 0) is 4.74 Å². The van der Waals surface area contributed by atoms with Crippen LogP contribution in [0, 0.1) is 0 Å². The Morgan fingerprint density at radius 1 is 0.913 bits per heavy atom. The van der Waals surface area contributed by atoms with Crippen molar-refractivity contribution in [3.8, 4) is 0 Å². The van der Waals surface area contributed by atoms with Crippen LogP contribution in [0.1, 0.15) is 11.1 Å². The first-order valence-electron chi connectivity index (χ1n) is 8.05. The van der Waals surface area contributed by atoms with E-state index in [1.807, 2.05) is 14.1 Å². The van der Waals surface area contributed by atoms with E-state index in [9.17, 15) is 0 Å². The molecular formula is C20H24N2O. The summed E-state index contributed by atoms with van der Waals surface area (Å²) >= 11 is 0. The molecule has 120 valence electrons. The lowest BCUT2D eigenvalue weighted by Crippen LogP contribution is -2.36. The zero-order valence-corrected chi connectivity index (χ0v) is 14.0. The van der Waals surface area contributed by atoms with Crippen molar-refractivity contribution in [2.45, 2.75) is 0 Å². The topological polar surface area (TPSA) is 15.7 Å². The third-order valence-corrected chi connectivity index (χ3v) is 4.32. The minimum atomic E-state index is 0.812. The number of rotatable bonds is 4. The maximum absolute atomic E-state index is 5.41. The summed E-state index contributed by atoms with van der Waals surface area (Å²) in [6.45, 7) is 7.82. The zero-order chi connectivity index (χ0) is 16.2.